The Balaban J connectivity index is 1.73. The van der Waals surface area contributed by atoms with E-state index in [2.05, 4.69) is 10.6 Å². The molecule has 7 heteroatoms. The minimum atomic E-state index is -3.21. The van der Waals surface area contributed by atoms with Crippen LogP contribution in [0, 0.1) is 0 Å². The molecule has 2 fully saturated rings. The first kappa shape index (κ1) is 17.5. The normalized spacial score (nSPS) is 21.2. The maximum Gasteiger partial charge on any atom is 0.315 e. The van der Waals surface area contributed by atoms with Gasteiger partial charge in [0, 0.05) is 25.2 Å². The van der Waals surface area contributed by atoms with Crippen LogP contribution in [0.4, 0.5) is 4.79 Å². The molecule has 2 rings (SSSR count). The molecule has 2 N–H and O–H groups in total. The predicted molar refractivity (Wildman–Crippen MR) is 87.2 cm³/mol. The third-order valence-electron chi connectivity index (χ3n) is 4.72. The first-order valence-corrected chi connectivity index (χ1v) is 10.3. The van der Waals surface area contributed by atoms with E-state index in [-0.39, 0.29) is 18.1 Å². The van der Waals surface area contributed by atoms with Gasteiger partial charge in [0.05, 0.1) is 6.26 Å². The van der Waals surface area contributed by atoms with E-state index in [0.29, 0.717) is 13.1 Å². The zero-order chi connectivity index (χ0) is 16.0. The number of sulfonamides is 1. The molecule has 0 radical (unpaired) electrons. The second kappa shape index (κ2) is 8.15. The molecule has 2 amide bonds. The Bertz CT molecular complexity index is 455. The van der Waals surface area contributed by atoms with Crippen LogP contribution < -0.4 is 10.6 Å². The summed E-state index contributed by atoms with van der Waals surface area (Å²) >= 11 is 0. The van der Waals surface area contributed by atoms with Gasteiger partial charge in [0.1, 0.15) is 0 Å². The largest absolute Gasteiger partial charge is 0.337 e. The van der Waals surface area contributed by atoms with Gasteiger partial charge in [-0.05, 0) is 25.7 Å². The van der Waals surface area contributed by atoms with Crippen LogP contribution in [0.25, 0.3) is 0 Å². The molecular formula is C15H29N3O3S. The Morgan fingerprint density at radius 2 is 1.64 bits per heavy atom. The van der Waals surface area contributed by atoms with Gasteiger partial charge in [0.2, 0.25) is 10.0 Å². The van der Waals surface area contributed by atoms with Gasteiger partial charge >= 0.3 is 6.03 Å². The zero-order valence-corrected chi connectivity index (χ0v) is 14.3. The van der Waals surface area contributed by atoms with Gasteiger partial charge in [0.15, 0.2) is 0 Å². The van der Waals surface area contributed by atoms with E-state index < -0.39 is 10.0 Å². The number of urea groups is 1. The number of nitrogens with one attached hydrogen (secondary N) is 2. The summed E-state index contributed by atoms with van der Waals surface area (Å²) in [7, 11) is -3.21. The zero-order valence-electron chi connectivity index (χ0n) is 13.5. The van der Waals surface area contributed by atoms with Crippen molar-refractivity contribution in [2.75, 3.05) is 19.3 Å². The SMILES string of the molecule is CS(=O)(=O)N(CCNC(=O)NC1CCCCC1)C1CCCC1. The van der Waals surface area contributed by atoms with Gasteiger partial charge in [-0.25, -0.2) is 13.2 Å². The molecule has 2 aliphatic rings. The van der Waals surface area contributed by atoms with Crippen LogP contribution in [0.1, 0.15) is 57.8 Å². The molecule has 0 unspecified atom stereocenters. The van der Waals surface area contributed by atoms with Gasteiger partial charge < -0.3 is 10.6 Å². The van der Waals surface area contributed by atoms with Gasteiger partial charge in [-0.3, -0.25) is 0 Å². The van der Waals surface area contributed by atoms with E-state index in [4.69, 9.17) is 0 Å². The topological polar surface area (TPSA) is 78.5 Å². The van der Waals surface area contributed by atoms with Crippen LogP contribution in [0.2, 0.25) is 0 Å². The van der Waals surface area contributed by atoms with Crippen LogP contribution in [-0.2, 0) is 10.0 Å². The molecule has 0 atom stereocenters. The molecule has 0 aromatic rings. The highest BCUT2D eigenvalue weighted by Crippen LogP contribution is 2.24. The average molecular weight is 331 g/mol. The molecular weight excluding hydrogens is 302 g/mol. The second-order valence-electron chi connectivity index (χ2n) is 6.55. The molecule has 2 saturated carbocycles. The van der Waals surface area contributed by atoms with Crippen LogP contribution in [0.3, 0.4) is 0 Å². The molecule has 0 aromatic carbocycles. The molecule has 2 aliphatic carbocycles. The monoisotopic (exact) mass is 331 g/mol. The highest BCUT2D eigenvalue weighted by atomic mass is 32.2. The lowest BCUT2D eigenvalue weighted by Gasteiger charge is -2.27. The minimum absolute atomic E-state index is 0.109. The molecule has 128 valence electrons. The lowest BCUT2D eigenvalue weighted by Crippen LogP contribution is -2.47. The summed E-state index contributed by atoms with van der Waals surface area (Å²) in [4.78, 5) is 11.9. The summed E-state index contributed by atoms with van der Waals surface area (Å²) in [6, 6.07) is 0.208. The van der Waals surface area contributed by atoms with Crippen molar-refractivity contribution in [2.45, 2.75) is 69.9 Å². The standard InChI is InChI=1S/C15H29N3O3S/c1-22(20,21)18(14-9-5-6-10-14)12-11-16-15(19)17-13-7-3-2-4-8-13/h13-14H,2-12H2,1H3,(H2,16,17,19). The molecule has 0 aromatic heterocycles. The summed E-state index contributed by atoms with van der Waals surface area (Å²) in [5.41, 5.74) is 0. The highest BCUT2D eigenvalue weighted by Gasteiger charge is 2.28. The molecule has 0 spiro atoms. The van der Waals surface area contributed by atoms with Crippen molar-refractivity contribution in [3.63, 3.8) is 0 Å². The van der Waals surface area contributed by atoms with E-state index in [9.17, 15) is 13.2 Å². The Labute approximate surface area is 134 Å². The molecule has 0 heterocycles. The average Bonchev–Trinajstić information content (AvgIpc) is 2.97. The highest BCUT2D eigenvalue weighted by molar-refractivity contribution is 7.88. The van der Waals surface area contributed by atoms with Crippen molar-refractivity contribution in [1.29, 1.82) is 0 Å². The van der Waals surface area contributed by atoms with Crippen molar-refractivity contribution >= 4 is 16.1 Å². The van der Waals surface area contributed by atoms with Crippen LogP contribution in [0.15, 0.2) is 0 Å². The molecule has 0 bridgehead atoms. The van der Waals surface area contributed by atoms with E-state index in [1.54, 1.807) is 4.31 Å². The van der Waals surface area contributed by atoms with Crippen molar-refractivity contribution in [2.24, 2.45) is 0 Å². The molecule has 6 nitrogen and oxygen atoms in total. The van der Waals surface area contributed by atoms with Crippen molar-refractivity contribution < 1.29 is 13.2 Å². The van der Waals surface area contributed by atoms with E-state index in [1.165, 1.54) is 25.5 Å². The van der Waals surface area contributed by atoms with Gasteiger partial charge in [-0.15, -0.1) is 0 Å². The lowest BCUT2D eigenvalue weighted by molar-refractivity contribution is 0.230. The van der Waals surface area contributed by atoms with E-state index in [1.807, 2.05) is 0 Å². The van der Waals surface area contributed by atoms with Gasteiger partial charge in [-0.2, -0.15) is 4.31 Å². The smallest absolute Gasteiger partial charge is 0.315 e. The van der Waals surface area contributed by atoms with Crippen LogP contribution in [0.5, 0.6) is 0 Å². The van der Waals surface area contributed by atoms with Crippen LogP contribution in [-0.4, -0.2) is 50.2 Å². The third-order valence-corrected chi connectivity index (χ3v) is 6.05. The van der Waals surface area contributed by atoms with Crippen LogP contribution >= 0.6 is 0 Å². The van der Waals surface area contributed by atoms with E-state index >= 15 is 0 Å². The Kier molecular flexibility index (Phi) is 6.50. The Hall–Kier alpha value is -0.820. The Morgan fingerprint density at radius 3 is 2.23 bits per heavy atom. The fourth-order valence-electron chi connectivity index (χ4n) is 3.57. The maximum atomic E-state index is 11.9. The first-order chi connectivity index (χ1) is 10.5. The number of hydrogen-bond donors (Lipinski definition) is 2. The quantitative estimate of drug-likeness (QED) is 0.779. The maximum absolute atomic E-state index is 11.9. The number of carbonyl (C=O) groups is 1. The number of hydrogen-bond acceptors (Lipinski definition) is 3. The fraction of sp³-hybridized carbons (Fsp3) is 0.933. The number of rotatable bonds is 6. The van der Waals surface area contributed by atoms with Crippen molar-refractivity contribution in [3.05, 3.63) is 0 Å². The number of nitrogens with zero attached hydrogens (tertiary/aromatic N) is 1. The summed E-state index contributed by atoms with van der Waals surface area (Å²) < 4.78 is 25.4. The third kappa shape index (κ3) is 5.43. The summed E-state index contributed by atoms with van der Waals surface area (Å²) in [5.74, 6) is 0. The van der Waals surface area contributed by atoms with E-state index in [0.717, 1.165) is 38.5 Å². The predicted octanol–water partition coefficient (Wildman–Crippen LogP) is 1.82. The minimum Gasteiger partial charge on any atom is -0.337 e. The first-order valence-electron chi connectivity index (χ1n) is 8.48. The van der Waals surface area contributed by atoms with Gasteiger partial charge in [0.25, 0.3) is 0 Å². The van der Waals surface area contributed by atoms with Crippen molar-refractivity contribution in [1.82, 2.24) is 14.9 Å². The lowest BCUT2D eigenvalue weighted by atomic mass is 9.96. The summed E-state index contributed by atoms with van der Waals surface area (Å²) in [6.45, 7) is 0.726. The number of carbonyl (C=O) groups excluding carboxylic acids is 1. The summed E-state index contributed by atoms with van der Waals surface area (Å²) in [6.07, 6.45) is 11.0. The van der Waals surface area contributed by atoms with Gasteiger partial charge in [-0.1, -0.05) is 32.1 Å². The molecule has 0 saturated heterocycles. The Morgan fingerprint density at radius 1 is 1.05 bits per heavy atom. The molecule has 0 aliphatic heterocycles. The molecule has 22 heavy (non-hydrogen) atoms. The van der Waals surface area contributed by atoms with Crippen molar-refractivity contribution in [3.8, 4) is 0 Å². The number of amides is 2. The summed E-state index contributed by atoms with van der Waals surface area (Å²) in [5, 5.41) is 5.78. The fourth-order valence-corrected chi connectivity index (χ4v) is 4.75. The second-order valence-corrected chi connectivity index (χ2v) is 8.48.